The number of hydrogen-bond acceptors (Lipinski definition) is 6. The minimum atomic E-state index is -3.87. The van der Waals surface area contributed by atoms with Crippen LogP contribution in [-0.4, -0.2) is 42.6 Å². The third-order valence-corrected chi connectivity index (χ3v) is 6.15. The van der Waals surface area contributed by atoms with Crippen molar-refractivity contribution in [2.24, 2.45) is 0 Å². The number of ether oxygens (including phenoxy) is 3. The highest BCUT2D eigenvalue weighted by molar-refractivity contribution is 5.94. The van der Waals surface area contributed by atoms with Crippen LogP contribution in [0, 0.1) is 17.5 Å². The Morgan fingerprint density at radius 2 is 1.71 bits per heavy atom. The molecule has 3 aliphatic rings. The highest BCUT2D eigenvalue weighted by Gasteiger charge is 2.44. The van der Waals surface area contributed by atoms with Gasteiger partial charge in [-0.2, -0.15) is 0 Å². The number of halogens is 5. The maximum atomic E-state index is 14.5. The number of nitrogens with zero attached hydrogens (tertiary/aromatic N) is 1. The molecule has 0 atom stereocenters. The van der Waals surface area contributed by atoms with Gasteiger partial charge in [0.2, 0.25) is 5.91 Å². The second-order valence-electron chi connectivity index (χ2n) is 8.49. The summed E-state index contributed by atoms with van der Waals surface area (Å²) in [7, 11) is 0. The Kier molecular flexibility index (Phi) is 5.23. The highest BCUT2D eigenvalue weighted by atomic mass is 19.3. The molecule has 2 N–H and O–H groups in total. The second-order valence-corrected chi connectivity index (χ2v) is 8.49. The molecule has 0 unspecified atom stereocenters. The summed E-state index contributed by atoms with van der Waals surface area (Å²) < 4.78 is 83.3. The molecule has 1 fully saturated rings. The number of benzene rings is 2. The second kappa shape index (κ2) is 7.90. The van der Waals surface area contributed by atoms with Crippen molar-refractivity contribution in [1.29, 1.82) is 0 Å². The van der Waals surface area contributed by atoms with Crippen LogP contribution in [0.5, 0.6) is 17.2 Å². The molecular formula is C22H19F5N2O5. The summed E-state index contributed by atoms with van der Waals surface area (Å²) in [6.45, 7) is 0.0830. The van der Waals surface area contributed by atoms with E-state index in [-0.39, 0.29) is 68.3 Å². The Hall–Kier alpha value is -3.28. The summed E-state index contributed by atoms with van der Waals surface area (Å²) in [6, 6.07) is 2.82. The lowest BCUT2D eigenvalue weighted by molar-refractivity contribution is -0.286. The minimum Gasteiger partial charge on any atom is -0.490 e. The van der Waals surface area contributed by atoms with Crippen LogP contribution in [0.2, 0.25) is 0 Å². The average molecular weight is 486 g/mol. The molecule has 1 saturated heterocycles. The van der Waals surface area contributed by atoms with Gasteiger partial charge in [-0.15, -0.1) is 8.78 Å². The molecule has 0 spiro atoms. The zero-order valence-electron chi connectivity index (χ0n) is 17.6. The molecular weight excluding hydrogens is 467 g/mol. The van der Waals surface area contributed by atoms with Crippen molar-refractivity contribution in [2.45, 2.75) is 37.6 Å². The number of alkyl halides is 2. The largest absolute Gasteiger partial charge is 0.586 e. The van der Waals surface area contributed by atoms with E-state index in [0.29, 0.717) is 5.56 Å². The lowest BCUT2D eigenvalue weighted by Gasteiger charge is -2.39. The van der Waals surface area contributed by atoms with Crippen LogP contribution >= 0.6 is 0 Å². The SMILES string of the molecule is O=C1CCc2c(OCC3(O)CCN(c4cc5c(cc4F)OC(F)(F)O5)CC3)cc(F)c(F)c2N1. The van der Waals surface area contributed by atoms with Crippen LogP contribution in [0.1, 0.15) is 24.8 Å². The molecule has 3 aliphatic heterocycles. The number of hydrogen-bond donors (Lipinski definition) is 2. The van der Waals surface area contributed by atoms with Crippen LogP contribution < -0.4 is 24.4 Å². The van der Waals surface area contributed by atoms with E-state index in [4.69, 9.17) is 4.74 Å². The van der Waals surface area contributed by atoms with E-state index in [2.05, 4.69) is 14.8 Å². The molecule has 0 radical (unpaired) electrons. The zero-order chi connectivity index (χ0) is 24.3. The van der Waals surface area contributed by atoms with Crippen LogP contribution in [0.3, 0.4) is 0 Å². The first-order valence-corrected chi connectivity index (χ1v) is 10.5. The number of carbonyl (C=O) groups is 1. The Morgan fingerprint density at radius 3 is 2.41 bits per heavy atom. The molecule has 0 aromatic heterocycles. The standard InChI is InChI=1S/C22H19F5N2O5/c23-12-7-16-17(34-22(26,27)33-16)9-14(12)29-5-3-21(31,4-6-29)10-32-15-8-13(24)19(25)20-11(15)1-2-18(30)28-20/h7-9,31H,1-6,10H2,(H,28,30). The van der Waals surface area contributed by atoms with Gasteiger partial charge in [0.25, 0.3) is 0 Å². The molecule has 34 heavy (non-hydrogen) atoms. The molecule has 0 aliphatic carbocycles. The van der Waals surface area contributed by atoms with E-state index < -0.39 is 41.0 Å². The van der Waals surface area contributed by atoms with E-state index in [0.717, 1.165) is 18.2 Å². The average Bonchev–Trinajstić information content (AvgIpc) is 3.08. The van der Waals surface area contributed by atoms with Gasteiger partial charge < -0.3 is 29.5 Å². The number of rotatable bonds is 4. The van der Waals surface area contributed by atoms with E-state index >= 15 is 0 Å². The first-order valence-electron chi connectivity index (χ1n) is 10.5. The number of aliphatic hydroxyl groups is 1. The summed E-state index contributed by atoms with van der Waals surface area (Å²) >= 11 is 0. The van der Waals surface area contributed by atoms with Crippen molar-refractivity contribution in [3.8, 4) is 17.2 Å². The number of anilines is 2. The minimum absolute atomic E-state index is 0.0208. The van der Waals surface area contributed by atoms with E-state index in [1.807, 2.05) is 0 Å². The first-order chi connectivity index (χ1) is 16.0. The third-order valence-electron chi connectivity index (χ3n) is 6.15. The van der Waals surface area contributed by atoms with Crippen LogP contribution in [-0.2, 0) is 11.2 Å². The van der Waals surface area contributed by atoms with Crippen molar-refractivity contribution in [3.63, 3.8) is 0 Å². The van der Waals surface area contributed by atoms with E-state index in [9.17, 15) is 31.9 Å². The zero-order valence-corrected chi connectivity index (χ0v) is 17.6. The van der Waals surface area contributed by atoms with Crippen LogP contribution in [0.15, 0.2) is 18.2 Å². The molecule has 2 aromatic carbocycles. The van der Waals surface area contributed by atoms with Gasteiger partial charge in [0.05, 0.1) is 11.4 Å². The topological polar surface area (TPSA) is 80.3 Å². The van der Waals surface area contributed by atoms with Crippen molar-refractivity contribution < 1.29 is 46.1 Å². The molecule has 0 bridgehead atoms. The summed E-state index contributed by atoms with van der Waals surface area (Å²) in [5.41, 5.74) is -1.30. The number of carbonyl (C=O) groups excluding carboxylic acids is 1. The number of piperidine rings is 1. The van der Waals surface area contributed by atoms with E-state index in [1.165, 1.54) is 0 Å². The van der Waals surface area contributed by atoms with Crippen LogP contribution in [0.4, 0.5) is 33.3 Å². The van der Waals surface area contributed by atoms with Gasteiger partial charge in [0.1, 0.15) is 23.8 Å². The van der Waals surface area contributed by atoms with Gasteiger partial charge in [-0.05, 0) is 19.3 Å². The summed E-state index contributed by atoms with van der Waals surface area (Å²) in [5, 5.41) is 13.2. The lowest BCUT2D eigenvalue weighted by Crippen LogP contribution is -2.48. The Balaban J connectivity index is 1.27. The normalized spacial score (nSPS) is 20.1. The Labute approximate surface area is 190 Å². The molecule has 182 valence electrons. The van der Waals surface area contributed by atoms with Crippen molar-refractivity contribution in [3.05, 3.63) is 41.2 Å². The fraction of sp³-hybridized carbons (Fsp3) is 0.409. The quantitative estimate of drug-likeness (QED) is 0.642. The molecule has 1 amide bonds. The molecule has 3 heterocycles. The fourth-order valence-electron chi connectivity index (χ4n) is 4.31. The lowest BCUT2D eigenvalue weighted by atomic mass is 9.92. The predicted octanol–water partition coefficient (Wildman–Crippen LogP) is 3.72. The van der Waals surface area contributed by atoms with Gasteiger partial charge in [-0.1, -0.05) is 0 Å². The van der Waals surface area contributed by atoms with Gasteiger partial charge >= 0.3 is 6.29 Å². The third kappa shape index (κ3) is 4.06. The predicted molar refractivity (Wildman–Crippen MR) is 108 cm³/mol. The summed E-state index contributed by atoms with van der Waals surface area (Å²) in [6.07, 6.45) is -3.38. The smallest absolute Gasteiger partial charge is 0.490 e. The van der Waals surface area contributed by atoms with Gasteiger partial charge in [0.15, 0.2) is 23.1 Å². The van der Waals surface area contributed by atoms with Crippen LogP contribution in [0.25, 0.3) is 0 Å². The maximum absolute atomic E-state index is 14.5. The van der Waals surface area contributed by atoms with Crippen molar-refractivity contribution in [2.75, 3.05) is 29.9 Å². The monoisotopic (exact) mass is 486 g/mol. The molecule has 2 aromatic rings. The summed E-state index contributed by atoms with van der Waals surface area (Å²) in [5.74, 6) is -4.26. The molecule has 0 saturated carbocycles. The number of nitrogens with one attached hydrogen (secondary N) is 1. The first kappa shape index (κ1) is 22.5. The maximum Gasteiger partial charge on any atom is 0.586 e. The van der Waals surface area contributed by atoms with Gasteiger partial charge in [-0.3, -0.25) is 4.79 Å². The van der Waals surface area contributed by atoms with Gasteiger partial charge in [-0.25, -0.2) is 13.2 Å². The molecule has 12 heteroatoms. The number of fused-ring (bicyclic) bond motifs is 2. The molecule has 5 rings (SSSR count). The number of amides is 1. The Morgan fingerprint density at radius 1 is 1.03 bits per heavy atom. The van der Waals surface area contributed by atoms with Crippen molar-refractivity contribution in [1.82, 2.24) is 0 Å². The van der Waals surface area contributed by atoms with Gasteiger partial charge in [0, 0.05) is 43.3 Å². The van der Waals surface area contributed by atoms with E-state index in [1.54, 1.807) is 4.90 Å². The highest BCUT2D eigenvalue weighted by Crippen LogP contribution is 2.45. The fourth-order valence-corrected chi connectivity index (χ4v) is 4.31. The Bertz CT molecular complexity index is 1170. The molecule has 7 nitrogen and oxygen atoms in total. The summed E-state index contributed by atoms with van der Waals surface area (Å²) in [4.78, 5) is 13.1. The van der Waals surface area contributed by atoms with Crippen molar-refractivity contribution >= 4 is 17.3 Å².